The first-order valence-electron chi connectivity index (χ1n) is 11.3. The lowest BCUT2D eigenvalue weighted by atomic mass is 10.1. The fourth-order valence-corrected chi connectivity index (χ4v) is 3.81. The quantitative estimate of drug-likeness (QED) is 0.543. The van der Waals surface area contributed by atoms with E-state index in [1.165, 1.54) is 12.1 Å². The Hall–Kier alpha value is -3.73. The molecule has 1 aromatic heterocycles. The Morgan fingerprint density at radius 3 is 2.37 bits per heavy atom. The molecule has 0 spiro atoms. The summed E-state index contributed by atoms with van der Waals surface area (Å²) in [7, 11) is 3.50. The molecule has 1 amide bonds. The van der Waals surface area contributed by atoms with Gasteiger partial charge in [-0.15, -0.1) is 0 Å². The van der Waals surface area contributed by atoms with Gasteiger partial charge >= 0.3 is 18.3 Å². The highest BCUT2D eigenvalue weighted by Gasteiger charge is 2.38. The highest BCUT2D eigenvalue weighted by atomic mass is 19.4. The van der Waals surface area contributed by atoms with E-state index in [0.29, 0.717) is 25.1 Å². The molecule has 8 nitrogen and oxygen atoms in total. The monoisotopic (exact) mass is 545 g/mol. The van der Waals surface area contributed by atoms with Crippen LogP contribution in [0.4, 0.5) is 26.3 Å². The van der Waals surface area contributed by atoms with Crippen molar-refractivity contribution in [2.24, 2.45) is 0 Å². The number of carbonyl (C=O) groups excluding carboxylic acids is 1. The maximum Gasteiger partial charge on any atom is 0.490 e. The summed E-state index contributed by atoms with van der Waals surface area (Å²) in [6, 6.07) is 8.27. The number of nitrogens with zero attached hydrogens (tertiary/aromatic N) is 5. The second kappa shape index (κ2) is 12.7. The van der Waals surface area contributed by atoms with E-state index in [1.807, 2.05) is 6.07 Å². The molecule has 0 saturated carbocycles. The molecule has 1 fully saturated rings. The topological polar surface area (TPSA) is 110 Å². The number of halogens is 6. The Labute approximate surface area is 214 Å². The molecule has 1 aliphatic rings. The van der Waals surface area contributed by atoms with Crippen molar-refractivity contribution < 1.29 is 41.0 Å². The van der Waals surface area contributed by atoms with Crippen molar-refractivity contribution in [3.63, 3.8) is 0 Å². The Bertz CT molecular complexity index is 1180. The van der Waals surface area contributed by atoms with Gasteiger partial charge in [-0.1, -0.05) is 12.1 Å². The second-order valence-electron chi connectivity index (χ2n) is 8.59. The zero-order valence-electron chi connectivity index (χ0n) is 20.5. The fraction of sp³-hybridized carbons (Fsp3) is 0.458. The minimum Gasteiger partial charge on any atom is -0.475 e. The van der Waals surface area contributed by atoms with Crippen LogP contribution in [0.15, 0.2) is 30.3 Å². The van der Waals surface area contributed by atoms with Crippen molar-refractivity contribution >= 4 is 11.9 Å². The van der Waals surface area contributed by atoms with Crippen molar-refractivity contribution in [3.05, 3.63) is 47.4 Å². The van der Waals surface area contributed by atoms with Crippen LogP contribution < -0.4 is 0 Å². The third-order valence-electron chi connectivity index (χ3n) is 5.58. The summed E-state index contributed by atoms with van der Waals surface area (Å²) in [6.07, 6.45) is -6.50. The third-order valence-corrected chi connectivity index (χ3v) is 5.58. The van der Waals surface area contributed by atoms with E-state index in [-0.39, 0.29) is 29.0 Å². The molecule has 2 aromatic rings. The van der Waals surface area contributed by atoms with Gasteiger partial charge in [-0.25, -0.2) is 14.8 Å². The number of carboxylic acids is 1. The molecule has 1 aliphatic heterocycles. The van der Waals surface area contributed by atoms with Crippen molar-refractivity contribution in [1.29, 1.82) is 5.26 Å². The summed E-state index contributed by atoms with van der Waals surface area (Å²) >= 11 is 0. The molecule has 1 aromatic carbocycles. The Morgan fingerprint density at radius 2 is 1.82 bits per heavy atom. The molecule has 1 atom stereocenters. The van der Waals surface area contributed by atoms with Gasteiger partial charge in [0.1, 0.15) is 6.07 Å². The number of rotatable bonds is 6. The van der Waals surface area contributed by atoms with Crippen LogP contribution in [-0.2, 0) is 22.2 Å². The normalized spacial score (nSPS) is 15.8. The van der Waals surface area contributed by atoms with Gasteiger partial charge in [-0.05, 0) is 57.0 Å². The fourth-order valence-electron chi connectivity index (χ4n) is 3.81. The minimum atomic E-state index is -5.08. The summed E-state index contributed by atoms with van der Waals surface area (Å²) in [6.45, 7) is 1.56. The molecule has 2 heterocycles. The van der Waals surface area contributed by atoms with Gasteiger partial charge < -0.3 is 10.0 Å². The predicted octanol–water partition coefficient (Wildman–Crippen LogP) is 4.15. The van der Waals surface area contributed by atoms with E-state index in [1.54, 1.807) is 25.1 Å². The zero-order chi connectivity index (χ0) is 28.7. The summed E-state index contributed by atoms with van der Waals surface area (Å²) in [5, 5.41) is 16.4. The third kappa shape index (κ3) is 8.69. The molecule has 1 N–H and O–H groups in total. The van der Waals surface area contributed by atoms with Gasteiger partial charge in [-0.2, -0.15) is 31.6 Å². The number of nitriles is 1. The van der Waals surface area contributed by atoms with E-state index < -0.39 is 23.9 Å². The average Bonchev–Trinajstić information content (AvgIpc) is 3.31. The largest absolute Gasteiger partial charge is 0.490 e. The number of aryl methyl sites for hydroxylation is 1. The van der Waals surface area contributed by atoms with E-state index in [9.17, 15) is 36.4 Å². The van der Waals surface area contributed by atoms with E-state index in [0.717, 1.165) is 31.5 Å². The van der Waals surface area contributed by atoms with Crippen molar-refractivity contribution in [1.82, 2.24) is 19.8 Å². The first kappa shape index (κ1) is 30.5. The van der Waals surface area contributed by atoms with E-state index in [4.69, 9.17) is 9.90 Å². The number of alkyl halides is 6. The van der Waals surface area contributed by atoms with Crippen LogP contribution in [0.1, 0.15) is 36.3 Å². The molecule has 38 heavy (non-hydrogen) atoms. The number of likely N-dealkylation sites (N-methyl/N-ethyl adjacent to an activating group) is 1. The molecule has 1 unspecified atom stereocenters. The Kier molecular flexibility index (Phi) is 10.2. The van der Waals surface area contributed by atoms with Gasteiger partial charge in [0.25, 0.3) is 0 Å². The summed E-state index contributed by atoms with van der Waals surface area (Å²) < 4.78 is 70.9. The SMILES string of the molecule is CN(C)C(=O)C1CCCN1CCCc1cc(-c2cccc(C(F)(F)F)c2)nc(C#N)n1.O=C(O)C(F)(F)F. The lowest BCUT2D eigenvalue weighted by molar-refractivity contribution is -0.192. The number of carboxylic acid groups (broad SMARTS) is 1. The Morgan fingerprint density at radius 1 is 1.16 bits per heavy atom. The second-order valence-corrected chi connectivity index (χ2v) is 8.59. The molecule has 206 valence electrons. The molecular formula is C24H25F6N5O3. The van der Waals surface area contributed by atoms with Crippen LogP contribution >= 0.6 is 0 Å². The van der Waals surface area contributed by atoms with E-state index >= 15 is 0 Å². The molecular weight excluding hydrogens is 520 g/mol. The Balaban J connectivity index is 0.000000638. The number of amides is 1. The number of hydrogen-bond acceptors (Lipinski definition) is 6. The first-order valence-corrected chi connectivity index (χ1v) is 11.3. The smallest absolute Gasteiger partial charge is 0.475 e. The molecule has 14 heteroatoms. The van der Waals surface area contributed by atoms with E-state index in [2.05, 4.69) is 14.9 Å². The number of aromatic nitrogens is 2. The van der Waals surface area contributed by atoms with Gasteiger partial charge in [0.05, 0.1) is 17.3 Å². The van der Waals surface area contributed by atoms with Crippen LogP contribution in [0.3, 0.4) is 0 Å². The number of aliphatic carboxylic acids is 1. The van der Waals surface area contributed by atoms with Crippen LogP contribution in [0.2, 0.25) is 0 Å². The van der Waals surface area contributed by atoms with Gasteiger partial charge in [0, 0.05) is 25.4 Å². The lowest BCUT2D eigenvalue weighted by Crippen LogP contribution is -2.43. The van der Waals surface area contributed by atoms with Gasteiger partial charge in [0.15, 0.2) is 0 Å². The molecule has 0 bridgehead atoms. The zero-order valence-corrected chi connectivity index (χ0v) is 20.5. The maximum absolute atomic E-state index is 13.0. The molecule has 3 rings (SSSR count). The molecule has 0 radical (unpaired) electrons. The predicted molar refractivity (Wildman–Crippen MR) is 122 cm³/mol. The van der Waals surface area contributed by atoms with Crippen LogP contribution in [0.25, 0.3) is 11.3 Å². The number of carbonyl (C=O) groups is 2. The number of likely N-dealkylation sites (tertiary alicyclic amines) is 1. The van der Waals surface area contributed by atoms with Gasteiger partial charge in [0.2, 0.25) is 11.7 Å². The molecule has 0 aliphatic carbocycles. The summed E-state index contributed by atoms with van der Waals surface area (Å²) in [4.78, 5) is 33.3. The molecule has 1 saturated heterocycles. The summed E-state index contributed by atoms with van der Waals surface area (Å²) in [5.41, 5.74) is 0.392. The highest BCUT2D eigenvalue weighted by Crippen LogP contribution is 2.32. The van der Waals surface area contributed by atoms with Gasteiger partial charge in [-0.3, -0.25) is 9.69 Å². The number of hydrogen-bond donors (Lipinski definition) is 1. The van der Waals surface area contributed by atoms with Crippen LogP contribution in [0, 0.1) is 11.3 Å². The van der Waals surface area contributed by atoms with Crippen molar-refractivity contribution in [2.75, 3.05) is 27.2 Å². The van der Waals surface area contributed by atoms with Crippen LogP contribution in [-0.4, -0.2) is 76.2 Å². The van der Waals surface area contributed by atoms with Crippen molar-refractivity contribution in [3.8, 4) is 17.3 Å². The van der Waals surface area contributed by atoms with Crippen molar-refractivity contribution in [2.45, 2.75) is 44.1 Å². The van der Waals surface area contributed by atoms with Crippen LogP contribution in [0.5, 0.6) is 0 Å². The maximum atomic E-state index is 13.0. The standard InChI is InChI=1S/C22H24F3N5O.C2HF3O2/c1-29(2)21(31)19-9-5-11-30(19)10-4-8-17-13-18(28-20(14-26)27-17)15-6-3-7-16(12-15)22(23,24)25;3-2(4,5)1(6)7/h3,6-7,12-13,19H,4-5,8-11H2,1-2H3;(H,6,7). The average molecular weight is 545 g/mol. The number of benzene rings is 1. The summed E-state index contributed by atoms with van der Waals surface area (Å²) in [5.74, 6) is -2.74. The minimum absolute atomic E-state index is 0.0771. The highest BCUT2D eigenvalue weighted by molar-refractivity contribution is 5.81. The first-order chi connectivity index (χ1) is 17.6. The lowest BCUT2D eigenvalue weighted by Gasteiger charge is -2.25.